The first kappa shape index (κ1) is 23.9. The van der Waals surface area contributed by atoms with Gasteiger partial charge in [0.2, 0.25) is 5.91 Å². The monoisotopic (exact) mass is 528 g/mol. The minimum Gasteiger partial charge on any atom is -0.481 e. The maximum absolute atomic E-state index is 12.3. The summed E-state index contributed by atoms with van der Waals surface area (Å²) in [6.07, 6.45) is 3.93. The smallest absolute Gasteiger partial charge is 0.307 e. The summed E-state index contributed by atoms with van der Waals surface area (Å²) in [7, 11) is 0. The van der Waals surface area contributed by atoms with E-state index in [9.17, 15) is 9.59 Å². The topological polar surface area (TPSA) is 78.9 Å². The van der Waals surface area contributed by atoms with Crippen molar-refractivity contribution in [2.24, 2.45) is 0 Å². The van der Waals surface area contributed by atoms with E-state index < -0.39 is 5.97 Å². The molecule has 0 saturated carbocycles. The Morgan fingerprint density at radius 1 is 1.10 bits per heavy atom. The molecule has 1 fully saturated rings. The van der Waals surface area contributed by atoms with Gasteiger partial charge in [-0.25, -0.2) is 0 Å². The molecule has 31 heavy (non-hydrogen) atoms. The summed E-state index contributed by atoms with van der Waals surface area (Å²) in [6, 6.07) is 8.17. The van der Waals surface area contributed by atoms with Crippen LogP contribution >= 0.6 is 39.1 Å². The fourth-order valence-corrected chi connectivity index (χ4v) is 4.49. The number of likely N-dealkylation sites (tertiary alicyclic amines) is 1. The molecule has 9 heteroatoms. The maximum Gasteiger partial charge on any atom is 0.307 e. The summed E-state index contributed by atoms with van der Waals surface area (Å²) in [5.74, 6) is -0.311. The predicted octanol–water partition coefficient (Wildman–Crippen LogP) is 5.99. The van der Waals surface area contributed by atoms with E-state index in [2.05, 4.69) is 26.1 Å². The number of rotatable bonds is 8. The first-order valence-corrected chi connectivity index (χ1v) is 11.6. The molecule has 166 valence electrons. The molecule has 1 aliphatic heterocycles. The third kappa shape index (κ3) is 7.10. The van der Waals surface area contributed by atoms with E-state index in [1.54, 1.807) is 18.2 Å². The number of carboxylic acids is 1. The molecule has 0 aliphatic carbocycles. The summed E-state index contributed by atoms with van der Waals surface area (Å²) in [6.45, 7) is 2.89. The molecule has 0 aromatic heterocycles. The minimum absolute atomic E-state index is 0.0416. The molecule has 0 bridgehead atoms. The molecule has 1 aliphatic rings. The summed E-state index contributed by atoms with van der Waals surface area (Å²) < 4.78 is 6.47. The predicted molar refractivity (Wildman–Crippen MR) is 126 cm³/mol. The summed E-state index contributed by atoms with van der Waals surface area (Å²) >= 11 is 15.9. The molecule has 0 radical (unpaired) electrons. The highest BCUT2D eigenvalue weighted by Gasteiger charge is 2.15. The van der Waals surface area contributed by atoms with Crippen LogP contribution in [0.3, 0.4) is 0 Å². The van der Waals surface area contributed by atoms with Crippen molar-refractivity contribution >= 4 is 56.7 Å². The lowest BCUT2D eigenvalue weighted by molar-refractivity contribution is -0.136. The SMILES string of the molecule is O=C(O)Cc1cc(Cl)c(Oc2ccc(NC(=O)CCN3CCCCC3)c(Br)c2)c(Cl)c1. The van der Waals surface area contributed by atoms with Crippen molar-refractivity contribution in [2.45, 2.75) is 32.1 Å². The average Bonchev–Trinajstić information content (AvgIpc) is 2.71. The van der Waals surface area contributed by atoms with Gasteiger partial charge in [-0.3, -0.25) is 9.59 Å². The van der Waals surface area contributed by atoms with Crippen LogP contribution in [0.2, 0.25) is 10.0 Å². The number of carbonyl (C=O) groups excluding carboxylic acids is 1. The Morgan fingerprint density at radius 3 is 2.39 bits per heavy atom. The summed E-state index contributed by atoms with van der Waals surface area (Å²) in [5, 5.41) is 12.3. The van der Waals surface area contributed by atoms with Crippen molar-refractivity contribution in [2.75, 3.05) is 25.0 Å². The van der Waals surface area contributed by atoms with Crippen LogP contribution in [0.15, 0.2) is 34.8 Å². The second-order valence-electron chi connectivity index (χ2n) is 7.40. The average molecular weight is 530 g/mol. The first-order chi connectivity index (χ1) is 14.8. The van der Waals surface area contributed by atoms with E-state index in [-0.39, 0.29) is 28.1 Å². The Hall–Kier alpha value is -1.80. The summed E-state index contributed by atoms with van der Waals surface area (Å²) in [4.78, 5) is 25.5. The fourth-order valence-electron chi connectivity index (χ4n) is 3.42. The molecule has 0 atom stereocenters. The highest BCUT2D eigenvalue weighted by molar-refractivity contribution is 9.10. The third-order valence-electron chi connectivity index (χ3n) is 4.95. The molecule has 2 N–H and O–H groups in total. The number of halogens is 3. The first-order valence-electron chi connectivity index (χ1n) is 10.0. The lowest BCUT2D eigenvalue weighted by atomic mass is 10.1. The molecule has 2 aromatic rings. The van der Waals surface area contributed by atoms with Gasteiger partial charge in [0, 0.05) is 17.4 Å². The number of piperidine rings is 1. The quantitative estimate of drug-likeness (QED) is 0.439. The van der Waals surface area contributed by atoms with Gasteiger partial charge in [0.15, 0.2) is 5.75 Å². The zero-order chi connectivity index (χ0) is 22.4. The van der Waals surface area contributed by atoms with Crippen LogP contribution in [0.1, 0.15) is 31.2 Å². The van der Waals surface area contributed by atoms with Crippen LogP contribution in [0.25, 0.3) is 0 Å². The van der Waals surface area contributed by atoms with Gasteiger partial charge >= 0.3 is 5.97 Å². The van der Waals surface area contributed by atoms with Gasteiger partial charge in [-0.2, -0.15) is 0 Å². The fraction of sp³-hybridized carbons (Fsp3) is 0.364. The van der Waals surface area contributed by atoms with Crippen molar-refractivity contribution in [3.63, 3.8) is 0 Å². The zero-order valence-electron chi connectivity index (χ0n) is 16.8. The van der Waals surface area contributed by atoms with Crippen molar-refractivity contribution in [1.82, 2.24) is 4.90 Å². The number of aliphatic carboxylic acids is 1. The van der Waals surface area contributed by atoms with Gasteiger partial charge in [-0.05, 0) is 77.8 Å². The maximum atomic E-state index is 12.3. The van der Waals surface area contributed by atoms with Crippen LogP contribution in [0, 0.1) is 0 Å². The molecular formula is C22H23BrCl2N2O4. The Kier molecular flexibility index (Phi) is 8.60. The number of anilines is 1. The summed E-state index contributed by atoms with van der Waals surface area (Å²) in [5.41, 5.74) is 1.13. The van der Waals surface area contributed by atoms with Crippen molar-refractivity contribution in [3.8, 4) is 11.5 Å². The lowest BCUT2D eigenvalue weighted by Gasteiger charge is -2.26. The number of carboxylic acid groups (broad SMARTS) is 1. The second-order valence-corrected chi connectivity index (χ2v) is 9.07. The Balaban J connectivity index is 1.61. The number of ether oxygens (including phenoxy) is 1. The number of nitrogens with zero attached hydrogens (tertiary/aromatic N) is 1. The normalized spacial score (nSPS) is 14.3. The molecule has 1 saturated heterocycles. The van der Waals surface area contributed by atoms with Gasteiger partial charge < -0.3 is 20.1 Å². The molecule has 1 heterocycles. The molecule has 0 spiro atoms. The number of hydrogen-bond donors (Lipinski definition) is 2. The van der Waals surface area contributed by atoms with Gasteiger partial charge in [0.25, 0.3) is 0 Å². The molecule has 6 nitrogen and oxygen atoms in total. The Bertz CT molecular complexity index is 942. The molecule has 1 amide bonds. The standard InChI is InChI=1S/C22H23BrCl2N2O4/c23-16-13-15(31-22-17(24)10-14(11-18(22)25)12-21(29)30)4-5-19(16)26-20(28)6-9-27-7-2-1-3-8-27/h4-5,10-11,13H,1-3,6-9,12H2,(H,26,28)(H,29,30). The molecule has 2 aromatic carbocycles. The van der Waals surface area contributed by atoms with E-state index in [1.165, 1.54) is 31.4 Å². The van der Waals surface area contributed by atoms with E-state index in [0.29, 0.717) is 27.9 Å². The van der Waals surface area contributed by atoms with Gasteiger partial charge in [-0.1, -0.05) is 29.6 Å². The number of carbonyl (C=O) groups is 2. The van der Waals surface area contributed by atoms with Crippen molar-refractivity contribution < 1.29 is 19.4 Å². The highest BCUT2D eigenvalue weighted by atomic mass is 79.9. The second kappa shape index (κ2) is 11.2. The zero-order valence-corrected chi connectivity index (χ0v) is 19.9. The Morgan fingerprint density at radius 2 is 1.77 bits per heavy atom. The third-order valence-corrected chi connectivity index (χ3v) is 6.17. The lowest BCUT2D eigenvalue weighted by Crippen LogP contribution is -2.32. The van der Waals surface area contributed by atoms with Crippen LogP contribution in [-0.4, -0.2) is 41.5 Å². The van der Waals surface area contributed by atoms with Crippen LogP contribution in [0.4, 0.5) is 5.69 Å². The van der Waals surface area contributed by atoms with Crippen LogP contribution in [0.5, 0.6) is 11.5 Å². The minimum atomic E-state index is -0.974. The van der Waals surface area contributed by atoms with E-state index in [1.807, 2.05) is 0 Å². The van der Waals surface area contributed by atoms with Crippen molar-refractivity contribution in [3.05, 3.63) is 50.4 Å². The van der Waals surface area contributed by atoms with E-state index in [4.69, 9.17) is 33.0 Å². The highest BCUT2D eigenvalue weighted by Crippen LogP contribution is 2.39. The van der Waals surface area contributed by atoms with Gasteiger partial charge in [0.05, 0.1) is 22.2 Å². The van der Waals surface area contributed by atoms with Crippen LogP contribution < -0.4 is 10.1 Å². The number of hydrogen-bond acceptors (Lipinski definition) is 4. The van der Waals surface area contributed by atoms with Gasteiger partial charge in [0.1, 0.15) is 5.75 Å². The van der Waals surface area contributed by atoms with Crippen LogP contribution in [-0.2, 0) is 16.0 Å². The van der Waals surface area contributed by atoms with Gasteiger partial charge in [-0.15, -0.1) is 0 Å². The van der Waals surface area contributed by atoms with E-state index in [0.717, 1.165) is 19.6 Å². The number of amides is 1. The largest absolute Gasteiger partial charge is 0.481 e. The molecule has 3 rings (SSSR count). The Labute approximate surface area is 199 Å². The number of nitrogens with one attached hydrogen (secondary N) is 1. The number of benzene rings is 2. The van der Waals surface area contributed by atoms with E-state index >= 15 is 0 Å². The van der Waals surface area contributed by atoms with Crippen molar-refractivity contribution in [1.29, 1.82) is 0 Å². The molecular weight excluding hydrogens is 507 g/mol. The molecule has 0 unspecified atom stereocenters.